The minimum absolute atomic E-state index is 0.228. The van der Waals surface area contributed by atoms with Crippen LogP contribution in [0.3, 0.4) is 0 Å². The molecule has 0 radical (unpaired) electrons. The summed E-state index contributed by atoms with van der Waals surface area (Å²) in [5, 5.41) is 11.7. The van der Waals surface area contributed by atoms with Crippen molar-refractivity contribution in [1.29, 1.82) is 0 Å². The van der Waals surface area contributed by atoms with E-state index in [-0.39, 0.29) is 6.42 Å². The third-order valence-corrected chi connectivity index (χ3v) is 7.67. The molecule has 0 amide bonds. The minimum Gasteiger partial charge on any atom is -0.457 e. The molecule has 1 N–H and O–H groups in total. The predicted molar refractivity (Wildman–Crippen MR) is 157 cm³/mol. The van der Waals surface area contributed by atoms with Crippen LogP contribution < -0.4 is 10.1 Å². The maximum absolute atomic E-state index is 15.8. The summed E-state index contributed by atoms with van der Waals surface area (Å²) < 4.78 is 40.9. The number of likely N-dealkylation sites (N-methyl/N-ethyl adjacent to an activating group) is 1. The molecular formula is C30H31F2N9O2. The number of hydrogen-bond donors (Lipinski definition) is 1. The van der Waals surface area contributed by atoms with Crippen LogP contribution in [-0.4, -0.2) is 84.6 Å². The molecule has 0 spiro atoms. The summed E-state index contributed by atoms with van der Waals surface area (Å²) >= 11 is 0. The van der Waals surface area contributed by atoms with E-state index in [2.05, 4.69) is 25.5 Å². The van der Waals surface area contributed by atoms with Crippen LogP contribution in [0, 0.1) is 6.92 Å². The number of pyridine rings is 1. The van der Waals surface area contributed by atoms with Gasteiger partial charge in [0, 0.05) is 30.7 Å². The first-order chi connectivity index (χ1) is 20.7. The molecule has 222 valence electrons. The van der Waals surface area contributed by atoms with Crippen molar-refractivity contribution in [2.75, 3.05) is 32.5 Å². The van der Waals surface area contributed by atoms with Gasteiger partial charge in [-0.05, 0) is 81.1 Å². The summed E-state index contributed by atoms with van der Waals surface area (Å²) in [7, 11) is 3.61. The van der Waals surface area contributed by atoms with Gasteiger partial charge >= 0.3 is 0 Å². The lowest BCUT2D eigenvalue weighted by molar-refractivity contribution is -0.104. The van der Waals surface area contributed by atoms with Gasteiger partial charge in [0.25, 0.3) is 5.92 Å². The molecule has 43 heavy (non-hydrogen) atoms. The van der Waals surface area contributed by atoms with Gasteiger partial charge in [0.05, 0.1) is 18.6 Å². The van der Waals surface area contributed by atoms with Crippen molar-refractivity contribution in [1.82, 2.24) is 39.0 Å². The lowest BCUT2D eigenvalue weighted by atomic mass is 9.86. The summed E-state index contributed by atoms with van der Waals surface area (Å²) in [4.78, 5) is 23.0. The van der Waals surface area contributed by atoms with Crippen LogP contribution in [0.25, 0.3) is 11.2 Å². The zero-order valence-electron chi connectivity index (χ0n) is 23.9. The highest BCUT2D eigenvalue weighted by molar-refractivity contribution is 5.77. The molecule has 1 aliphatic rings. The van der Waals surface area contributed by atoms with Crippen LogP contribution in [-0.2, 0) is 4.79 Å². The van der Waals surface area contributed by atoms with E-state index in [9.17, 15) is 4.79 Å². The number of ether oxygens (including phenoxy) is 1. The number of hydrogen-bond acceptors (Lipinski definition) is 9. The quantitative estimate of drug-likeness (QED) is 0.194. The van der Waals surface area contributed by atoms with Crippen LogP contribution >= 0.6 is 0 Å². The number of halogens is 2. The number of anilines is 2. The average Bonchev–Trinajstić information content (AvgIpc) is 3.62. The van der Waals surface area contributed by atoms with Gasteiger partial charge in [0.15, 0.2) is 11.5 Å². The number of aldehydes is 1. The molecule has 1 aromatic carbocycles. The third kappa shape index (κ3) is 5.68. The Balaban J connectivity index is 1.24. The second-order valence-electron chi connectivity index (χ2n) is 10.8. The Labute approximate surface area is 246 Å². The predicted octanol–water partition coefficient (Wildman–Crippen LogP) is 4.68. The molecule has 0 saturated carbocycles. The number of aromatic nitrogens is 6. The van der Waals surface area contributed by atoms with E-state index in [0.717, 1.165) is 11.3 Å². The largest absolute Gasteiger partial charge is 0.457 e. The van der Waals surface area contributed by atoms with E-state index >= 15 is 8.78 Å². The van der Waals surface area contributed by atoms with Gasteiger partial charge < -0.3 is 10.1 Å². The van der Waals surface area contributed by atoms with Gasteiger partial charge in [-0.3, -0.25) is 14.6 Å². The van der Waals surface area contributed by atoms with Gasteiger partial charge in [0.2, 0.25) is 0 Å². The molecule has 11 nitrogen and oxygen atoms in total. The zero-order chi connectivity index (χ0) is 30.1. The number of nitrogens with one attached hydrogen (secondary N) is 1. The normalized spacial score (nSPS) is 18.0. The van der Waals surface area contributed by atoms with Crippen molar-refractivity contribution in [3.05, 3.63) is 84.7 Å². The maximum atomic E-state index is 15.8. The van der Waals surface area contributed by atoms with Crippen molar-refractivity contribution in [3.8, 4) is 11.5 Å². The molecular weight excluding hydrogens is 556 g/mol. The fourth-order valence-electron chi connectivity index (χ4n) is 5.66. The molecule has 4 aromatic heterocycles. The van der Waals surface area contributed by atoms with Gasteiger partial charge in [-0.15, -0.1) is 0 Å². The molecule has 13 heteroatoms. The molecule has 1 fully saturated rings. The van der Waals surface area contributed by atoms with Crippen LogP contribution in [0.1, 0.15) is 23.5 Å². The first-order valence-corrected chi connectivity index (χ1v) is 13.8. The smallest absolute Gasteiger partial charge is 0.267 e. The number of fused-ring (bicyclic) bond motifs is 2. The highest BCUT2D eigenvalue weighted by Gasteiger charge is 2.47. The van der Waals surface area contributed by atoms with Gasteiger partial charge in [-0.2, -0.15) is 10.2 Å². The van der Waals surface area contributed by atoms with Crippen molar-refractivity contribution >= 4 is 29.0 Å². The Morgan fingerprint density at radius 2 is 1.88 bits per heavy atom. The second-order valence-corrected chi connectivity index (χ2v) is 10.8. The standard InChI is InChI=1S/C30H31F2N9O2/c1-20-15-21(6-7-25(20)43-22-8-12-40-26(16-22)33-18-35-40)37-29-28-23(9-13-41(28)36-19-34-29)24-10-11-39(17-30(24,31)32)27(38(2)3)5-4-14-42/h4-9,12-16,18-19,24,27H,10-11,17H2,1-3H3,(H,34,36,37). The van der Waals surface area contributed by atoms with Crippen molar-refractivity contribution in [3.63, 3.8) is 0 Å². The zero-order valence-corrected chi connectivity index (χ0v) is 23.9. The van der Waals surface area contributed by atoms with Crippen LogP contribution in [0.5, 0.6) is 11.5 Å². The van der Waals surface area contributed by atoms with E-state index in [4.69, 9.17) is 4.74 Å². The number of carbonyl (C=O) groups is 1. The summed E-state index contributed by atoms with van der Waals surface area (Å²) in [5.74, 6) is -2.34. The van der Waals surface area contributed by atoms with Crippen LogP contribution in [0.4, 0.5) is 20.3 Å². The minimum atomic E-state index is -3.03. The lowest BCUT2D eigenvalue weighted by Gasteiger charge is -2.43. The fraction of sp³-hybridized carbons (Fsp3) is 0.300. The number of allylic oxidation sites excluding steroid dienone is 1. The van der Waals surface area contributed by atoms with Crippen LogP contribution in [0.2, 0.25) is 0 Å². The molecule has 1 saturated heterocycles. The number of likely N-dealkylation sites (tertiary alicyclic amines) is 1. The lowest BCUT2D eigenvalue weighted by Crippen LogP contribution is -2.54. The summed E-state index contributed by atoms with van der Waals surface area (Å²) in [6.45, 7) is 1.92. The SMILES string of the molecule is Cc1cc(Nc2ncnn3ccc(C4CCN(C(C=CC=O)N(C)C)CC4(F)F)c23)ccc1Oc1ccn2ncnc2c1. The maximum Gasteiger partial charge on any atom is 0.267 e. The Hall–Kier alpha value is -4.75. The first kappa shape index (κ1) is 28.4. The van der Waals surface area contributed by atoms with Crippen LogP contribution in [0.15, 0.2) is 73.6 Å². The number of piperidine rings is 1. The van der Waals surface area contributed by atoms with Gasteiger partial charge in [-0.1, -0.05) is 0 Å². The fourth-order valence-corrected chi connectivity index (χ4v) is 5.66. The van der Waals surface area contributed by atoms with Gasteiger partial charge in [-0.25, -0.2) is 27.8 Å². The Morgan fingerprint density at radius 3 is 2.65 bits per heavy atom. The summed E-state index contributed by atoms with van der Waals surface area (Å²) in [6.07, 6.45) is 9.80. The monoisotopic (exact) mass is 587 g/mol. The highest BCUT2D eigenvalue weighted by Crippen LogP contribution is 2.44. The third-order valence-electron chi connectivity index (χ3n) is 7.67. The Bertz CT molecular complexity index is 1800. The summed E-state index contributed by atoms with van der Waals surface area (Å²) in [6, 6.07) is 10.9. The number of carbonyl (C=O) groups excluding carboxylic acids is 1. The molecule has 2 unspecified atom stereocenters. The molecule has 1 aliphatic heterocycles. The molecule has 5 aromatic rings. The Kier molecular flexibility index (Phi) is 7.59. The molecule has 5 heterocycles. The van der Waals surface area contributed by atoms with Crippen molar-refractivity contribution in [2.24, 2.45) is 0 Å². The molecule has 0 bridgehead atoms. The van der Waals surface area contributed by atoms with Crippen molar-refractivity contribution in [2.45, 2.75) is 31.4 Å². The van der Waals surface area contributed by atoms with E-state index < -0.39 is 24.6 Å². The Morgan fingerprint density at radius 1 is 1.09 bits per heavy atom. The summed E-state index contributed by atoms with van der Waals surface area (Å²) in [5.41, 5.74) is 3.25. The van der Waals surface area contributed by atoms with E-state index in [0.29, 0.717) is 46.9 Å². The molecule has 2 atom stereocenters. The second kappa shape index (κ2) is 11.5. The average molecular weight is 588 g/mol. The van der Waals surface area contributed by atoms with E-state index in [1.807, 2.05) is 36.1 Å². The molecule has 6 rings (SSSR count). The first-order valence-electron chi connectivity index (χ1n) is 13.8. The highest BCUT2D eigenvalue weighted by atomic mass is 19.3. The van der Waals surface area contributed by atoms with Crippen molar-refractivity contribution < 1.29 is 18.3 Å². The van der Waals surface area contributed by atoms with E-state index in [1.165, 1.54) is 18.7 Å². The number of benzene rings is 1. The number of aryl methyl sites for hydroxylation is 1. The topological polar surface area (TPSA) is 105 Å². The van der Waals surface area contributed by atoms with Gasteiger partial charge in [0.1, 0.15) is 36.0 Å². The number of nitrogens with zero attached hydrogens (tertiary/aromatic N) is 8. The van der Waals surface area contributed by atoms with E-state index in [1.54, 1.807) is 58.6 Å². The molecule has 0 aliphatic carbocycles. The number of rotatable bonds is 9. The number of alkyl halides is 2.